The van der Waals surface area contributed by atoms with Crippen molar-refractivity contribution in [3.63, 3.8) is 0 Å². The van der Waals surface area contributed by atoms with Crippen molar-refractivity contribution in [1.29, 1.82) is 0 Å². The zero-order valence-corrected chi connectivity index (χ0v) is 16.5. The van der Waals surface area contributed by atoms with Crippen LogP contribution in [-0.4, -0.2) is 25.6 Å². The predicted octanol–water partition coefficient (Wildman–Crippen LogP) is 4.44. The topological polar surface area (TPSA) is 77.8 Å². The van der Waals surface area contributed by atoms with Gasteiger partial charge in [-0.15, -0.1) is 0 Å². The molecule has 0 radical (unpaired) electrons. The fraction of sp³-hybridized carbons (Fsp3) is 0.238. The van der Waals surface area contributed by atoms with Crippen LogP contribution in [0.2, 0.25) is 5.02 Å². The highest BCUT2D eigenvalue weighted by Crippen LogP contribution is 2.29. The maximum atomic E-state index is 12.3. The van der Waals surface area contributed by atoms with E-state index < -0.39 is 18.5 Å². The van der Waals surface area contributed by atoms with Crippen molar-refractivity contribution in [2.24, 2.45) is 0 Å². The van der Waals surface area contributed by atoms with Gasteiger partial charge < -0.3 is 19.2 Å². The molecule has 7 heteroatoms. The summed E-state index contributed by atoms with van der Waals surface area (Å²) in [5.74, 6) is -0.390. The second-order valence-corrected chi connectivity index (χ2v) is 6.78. The van der Waals surface area contributed by atoms with Crippen LogP contribution < -0.4 is 10.1 Å². The SMILES string of the molecule is COc1ccc2oc(C(=O)OCC(=O)N[C@H](C)c3cccc(Cl)c3)c(C)c2c1. The van der Waals surface area contributed by atoms with E-state index in [1.807, 2.05) is 13.0 Å². The molecule has 3 aromatic rings. The first-order valence-electron chi connectivity index (χ1n) is 8.68. The number of fused-ring (bicyclic) bond motifs is 1. The van der Waals surface area contributed by atoms with Crippen molar-refractivity contribution in [3.8, 4) is 5.75 Å². The number of hydrogen-bond donors (Lipinski definition) is 1. The van der Waals surface area contributed by atoms with Crippen molar-refractivity contribution >= 4 is 34.4 Å². The number of hydrogen-bond acceptors (Lipinski definition) is 5. The molecular weight excluding hydrogens is 382 g/mol. The molecular formula is C21H20ClNO5. The van der Waals surface area contributed by atoms with Crippen molar-refractivity contribution < 1.29 is 23.5 Å². The summed E-state index contributed by atoms with van der Waals surface area (Å²) in [6, 6.07) is 12.2. The van der Waals surface area contributed by atoms with E-state index in [2.05, 4.69) is 5.32 Å². The van der Waals surface area contributed by atoms with E-state index in [0.717, 1.165) is 10.9 Å². The Morgan fingerprint density at radius 1 is 1.21 bits per heavy atom. The molecule has 146 valence electrons. The third-order valence-corrected chi connectivity index (χ3v) is 4.62. The Kier molecular flexibility index (Phi) is 5.90. The quantitative estimate of drug-likeness (QED) is 0.618. The van der Waals surface area contributed by atoms with Gasteiger partial charge in [-0.1, -0.05) is 23.7 Å². The van der Waals surface area contributed by atoms with Crippen LogP contribution in [0, 0.1) is 6.92 Å². The average Bonchev–Trinajstić information content (AvgIpc) is 3.02. The number of benzene rings is 2. The number of carbonyl (C=O) groups excluding carboxylic acids is 2. The monoisotopic (exact) mass is 401 g/mol. The molecule has 0 saturated carbocycles. The normalized spacial score (nSPS) is 11.9. The van der Waals surface area contributed by atoms with Gasteiger partial charge in [0, 0.05) is 16.0 Å². The highest BCUT2D eigenvalue weighted by atomic mass is 35.5. The molecule has 1 aromatic heterocycles. The number of amides is 1. The Hall–Kier alpha value is -2.99. The number of rotatable bonds is 6. The lowest BCUT2D eigenvalue weighted by molar-refractivity contribution is -0.124. The number of halogens is 1. The summed E-state index contributed by atoms with van der Waals surface area (Å²) in [5, 5.41) is 4.10. The fourth-order valence-electron chi connectivity index (χ4n) is 2.86. The van der Waals surface area contributed by atoms with Gasteiger partial charge in [0.1, 0.15) is 11.3 Å². The highest BCUT2D eigenvalue weighted by molar-refractivity contribution is 6.30. The number of carbonyl (C=O) groups is 2. The first-order chi connectivity index (χ1) is 13.4. The van der Waals surface area contributed by atoms with Gasteiger partial charge in [0.25, 0.3) is 5.91 Å². The maximum Gasteiger partial charge on any atom is 0.375 e. The first kappa shape index (κ1) is 19.8. The Morgan fingerprint density at radius 3 is 2.71 bits per heavy atom. The summed E-state index contributed by atoms with van der Waals surface area (Å²) in [6.45, 7) is 3.16. The molecule has 0 bridgehead atoms. The van der Waals surface area contributed by atoms with Gasteiger partial charge in [-0.25, -0.2) is 4.79 Å². The molecule has 2 aromatic carbocycles. The molecule has 0 unspecified atom stereocenters. The van der Waals surface area contributed by atoms with E-state index in [1.54, 1.807) is 50.4 Å². The Morgan fingerprint density at radius 2 is 2.00 bits per heavy atom. The Labute approximate surface area is 167 Å². The molecule has 1 N–H and O–H groups in total. The number of nitrogens with one attached hydrogen (secondary N) is 1. The molecule has 0 spiro atoms. The van der Waals surface area contributed by atoms with Crippen LogP contribution in [0.3, 0.4) is 0 Å². The van der Waals surface area contributed by atoms with Gasteiger partial charge in [-0.05, 0) is 49.7 Å². The zero-order chi connectivity index (χ0) is 20.3. The molecule has 28 heavy (non-hydrogen) atoms. The van der Waals surface area contributed by atoms with E-state index in [-0.39, 0.29) is 11.8 Å². The van der Waals surface area contributed by atoms with Crippen LogP contribution in [0.5, 0.6) is 5.75 Å². The predicted molar refractivity (Wildman–Crippen MR) is 106 cm³/mol. The van der Waals surface area contributed by atoms with E-state index in [9.17, 15) is 9.59 Å². The lowest BCUT2D eigenvalue weighted by atomic mass is 10.1. The van der Waals surface area contributed by atoms with Gasteiger partial charge in [-0.2, -0.15) is 0 Å². The maximum absolute atomic E-state index is 12.3. The minimum absolute atomic E-state index is 0.0685. The Balaban J connectivity index is 1.63. The van der Waals surface area contributed by atoms with Crippen LogP contribution in [0.25, 0.3) is 11.0 Å². The Bertz CT molecular complexity index is 1030. The van der Waals surface area contributed by atoms with E-state index in [4.69, 9.17) is 25.5 Å². The number of aryl methyl sites for hydroxylation is 1. The summed E-state index contributed by atoms with van der Waals surface area (Å²) < 4.78 is 15.9. The molecule has 6 nitrogen and oxygen atoms in total. The summed E-state index contributed by atoms with van der Waals surface area (Å²) in [6.07, 6.45) is 0. The van der Waals surface area contributed by atoms with Gasteiger partial charge in [0.15, 0.2) is 6.61 Å². The van der Waals surface area contributed by atoms with Crippen LogP contribution in [-0.2, 0) is 9.53 Å². The molecule has 0 aliphatic heterocycles. The molecule has 1 amide bonds. The van der Waals surface area contributed by atoms with Crippen LogP contribution in [0.4, 0.5) is 0 Å². The van der Waals surface area contributed by atoms with E-state index in [1.165, 1.54) is 0 Å². The number of methoxy groups -OCH3 is 1. The average molecular weight is 402 g/mol. The van der Waals surface area contributed by atoms with Crippen LogP contribution in [0.15, 0.2) is 46.9 Å². The van der Waals surface area contributed by atoms with E-state index in [0.29, 0.717) is 21.9 Å². The zero-order valence-electron chi connectivity index (χ0n) is 15.7. The molecule has 3 rings (SSSR count). The fourth-order valence-corrected chi connectivity index (χ4v) is 3.06. The second kappa shape index (κ2) is 8.35. The molecule has 1 atom stereocenters. The second-order valence-electron chi connectivity index (χ2n) is 6.34. The summed E-state index contributed by atoms with van der Waals surface area (Å²) in [7, 11) is 1.56. The minimum Gasteiger partial charge on any atom is -0.497 e. The van der Waals surface area contributed by atoms with Crippen molar-refractivity contribution in [2.45, 2.75) is 19.9 Å². The minimum atomic E-state index is -0.696. The van der Waals surface area contributed by atoms with Crippen molar-refractivity contribution in [2.75, 3.05) is 13.7 Å². The largest absolute Gasteiger partial charge is 0.497 e. The number of furan rings is 1. The number of esters is 1. The van der Waals surface area contributed by atoms with Crippen LogP contribution in [0.1, 0.15) is 34.6 Å². The summed E-state index contributed by atoms with van der Waals surface area (Å²) in [5.41, 5.74) is 2.03. The van der Waals surface area contributed by atoms with Gasteiger partial charge in [0.2, 0.25) is 5.76 Å². The smallest absolute Gasteiger partial charge is 0.375 e. The lowest BCUT2D eigenvalue weighted by Crippen LogP contribution is -2.31. The lowest BCUT2D eigenvalue weighted by Gasteiger charge is -2.14. The molecule has 0 fully saturated rings. The molecule has 0 aliphatic carbocycles. The van der Waals surface area contributed by atoms with Crippen molar-refractivity contribution in [3.05, 3.63) is 64.4 Å². The highest BCUT2D eigenvalue weighted by Gasteiger charge is 2.21. The summed E-state index contributed by atoms with van der Waals surface area (Å²) >= 11 is 5.96. The van der Waals surface area contributed by atoms with Gasteiger partial charge in [0.05, 0.1) is 13.2 Å². The number of ether oxygens (including phenoxy) is 2. The third kappa shape index (κ3) is 4.28. The van der Waals surface area contributed by atoms with Gasteiger partial charge in [-0.3, -0.25) is 4.79 Å². The van der Waals surface area contributed by atoms with Crippen molar-refractivity contribution in [1.82, 2.24) is 5.32 Å². The molecule has 0 saturated heterocycles. The molecule has 1 heterocycles. The first-order valence-corrected chi connectivity index (χ1v) is 9.06. The summed E-state index contributed by atoms with van der Waals surface area (Å²) in [4.78, 5) is 24.5. The van der Waals surface area contributed by atoms with E-state index >= 15 is 0 Å². The standard InChI is InChI=1S/C21H20ClNO5/c1-12-17-10-16(26-3)7-8-18(17)28-20(12)21(25)27-11-19(24)23-13(2)14-5-4-6-15(22)9-14/h4-10,13H,11H2,1-3H3,(H,23,24)/t13-/m1/s1. The van der Waals surface area contributed by atoms with Crippen LogP contribution >= 0.6 is 11.6 Å². The van der Waals surface area contributed by atoms with Gasteiger partial charge >= 0.3 is 5.97 Å². The molecule has 0 aliphatic rings. The third-order valence-electron chi connectivity index (χ3n) is 4.39.